The Kier molecular flexibility index (Phi) is 7.92. The van der Waals surface area contributed by atoms with Gasteiger partial charge < -0.3 is 15.5 Å². The molecule has 16 heteroatoms. The molecular formula is C19H19N7O6S3. The first kappa shape index (κ1) is 25.0. The maximum Gasteiger partial charge on any atom is 0.352 e. The average molecular weight is 538 g/mol. The van der Waals surface area contributed by atoms with Crippen molar-refractivity contribution in [1.82, 2.24) is 35.4 Å². The van der Waals surface area contributed by atoms with Crippen LogP contribution in [0, 0.1) is 0 Å². The highest BCUT2D eigenvalue weighted by Crippen LogP contribution is 2.41. The monoisotopic (exact) mass is 537 g/mol. The third-order valence-electron chi connectivity index (χ3n) is 5.00. The molecule has 2 amide bonds. The predicted molar refractivity (Wildman–Crippen MR) is 125 cm³/mol. The summed E-state index contributed by atoms with van der Waals surface area (Å²) in [5.74, 6) is -2.35. The van der Waals surface area contributed by atoms with E-state index in [0.29, 0.717) is 16.5 Å². The molecule has 13 nitrogen and oxygen atoms in total. The first-order chi connectivity index (χ1) is 16.8. The van der Waals surface area contributed by atoms with Crippen LogP contribution in [0.15, 0.2) is 45.8 Å². The van der Waals surface area contributed by atoms with Crippen molar-refractivity contribution in [2.24, 2.45) is 0 Å². The fourth-order valence-corrected chi connectivity index (χ4v) is 6.47. The predicted octanol–water partition coefficient (Wildman–Crippen LogP) is 0.166. The van der Waals surface area contributed by atoms with E-state index >= 15 is 0 Å². The van der Waals surface area contributed by atoms with Gasteiger partial charge in [0.15, 0.2) is 0 Å². The Balaban J connectivity index is 1.38. The number of hydrogen-bond acceptors (Lipinski definition) is 11. The zero-order valence-electron chi connectivity index (χ0n) is 17.9. The lowest BCUT2D eigenvalue weighted by Crippen LogP contribution is -2.70. The van der Waals surface area contributed by atoms with E-state index in [0.717, 1.165) is 16.7 Å². The lowest BCUT2D eigenvalue weighted by atomic mass is 10.0. The van der Waals surface area contributed by atoms with Crippen LogP contribution in [-0.2, 0) is 25.7 Å². The smallest absolute Gasteiger partial charge is 0.352 e. The number of rotatable bonds is 11. The quantitative estimate of drug-likeness (QED) is 0.261. The van der Waals surface area contributed by atoms with Crippen LogP contribution in [0.5, 0.6) is 0 Å². The van der Waals surface area contributed by atoms with E-state index in [1.165, 1.54) is 33.1 Å². The summed E-state index contributed by atoms with van der Waals surface area (Å²) < 4.78 is 1.34. The normalized spacial score (nSPS) is 19.2. The Hall–Kier alpha value is -3.11. The highest BCUT2D eigenvalue weighted by atomic mass is 32.2. The molecule has 1 fully saturated rings. The number of fused-ring (bicyclic) bond motifs is 1. The standard InChI is InChI=1S/C19H19N7O6S3/c27-12(9-33-11-1-4-20-5-2-11)21-14-16(30)26-15(18(31)32)10(7-34-17(14)26)8-35-19-22-23-24-25(19)6-3-13(28)29/h1-2,4-5,14,17H,3,6-9H2,(H,21,27)(H,28,29)(H,31,32). The summed E-state index contributed by atoms with van der Waals surface area (Å²) in [7, 11) is 0. The first-order valence-corrected chi connectivity index (χ1v) is 13.2. The summed E-state index contributed by atoms with van der Waals surface area (Å²) in [6.07, 6.45) is 3.09. The van der Waals surface area contributed by atoms with E-state index in [1.54, 1.807) is 24.5 Å². The number of nitrogens with zero attached hydrogens (tertiary/aromatic N) is 6. The van der Waals surface area contributed by atoms with Crippen LogP contribution in [-0.4, -0.2) is 92.7 Å². The van der Waals surface area contributed by atoms with E-state index in [2.05, 4.69) is 25.8 Å². The topological polar surface area (TPSA) is 180 Å². The number of carbonyl (C=O) groups is 4. The van der Waals surface area contributed by atoms with Gasteiger partial charge >= 0.3 is 11.9 Å². The molecule has 2 aliphatic heterocycles. The molecule has 2 aromatic rings. The van der Waals surface area contributed by atoms with Gasteiger partial charge in [-0.3, -0.25) is 24.3 Å². The number of aryl methyl sites for hydroxylation is 1. The summed E-state index contributed by atoms with van der Waals surface area (Å²) in [4.78, 5) is 54.0. The number of nitrogens with one attached hydrogen (secondary N) is 1. The summed E-state index contributed by atoms with van der Waals surface area (Å²) in [5.41, 5.74) is 0.412. The van der Waals surface area contributed by atoms with Crippen molar-refractivity contribution in [2.75, 3.05) is 17.3 Å². The van der Waals surface area contributed by atoms with E-state index in [-0.39, 0.29) is 36.1 Å². The third kappa shape index (κ3) is 5.76. The van der Waals surface area contributed by atoms with E-state index < -0.39 is 29.3 Å². The Bertz CT molecular complexity index is 1170. The zero-order chi connectivity index (χ0) is 24.9. The Labute approximate surface area is 211 Å². The van der Waals surface area contributed by atoms with Crippen molar-refractivity contribution in [3.63, 3.8) is 0 Å². The second-order valence-corrected chi connectivity index (χ2v) is 10.4. The minimum atomic E-state index is -1.23. The molecule has 184 valence electrons. The van der Waals surface area contributed by atoms with Gasteiger partial charge in [0.25, 0.3) is 5.91 Å². The molecule has 2 unspecified atom stereocenters. The SMILES string of the molecule is O=C(O)CCn1nnnc1SCC1=C(C(=O)O)N2C(=O)C(NC(=O)CSc3ccncc3)C2SC1. The van der Waals surface area contributed by atoms with Crippen LogP contribution in [0.25, 0.3) is 0 Å². The maximum absolute atomic E-state index is 12.8. The summed E-state index contributed by atoms with van der Waals surface area (Å²) in [5, 5.41) is 32.4. The third-order valence-corrected chi connectivity index (χ3v) is 8.39. The van der Waals surface area contributed by atoms with Crippen LogP contribution < -0.4 is 5.32 Å². The Morgan fingerprint density at radius 1 is 1.20 bits per heavy atom. The molecule has 2 atom stereocenters. The molecule has 2 aromatic heterocycles. The second-order valence-electron chi connectivity index (χ2n) is 7.30. The first-order valence-electron chi connectivity index (χ1n) is 10.2. The summed E-state index contributed by atoms with van der Waals surface area (Å²) in [6, 6.07) is 2.76. The molecule has 4 heterocycles. The Morgan fingerprint density at radius 3 is 2.69 bits per heavy atom. The molecule has 35 heavy (non-hydrogen) atoms. The van der Waals surface area contributed by atoms with Gasteiger partial charge in [-0.1, -0.05) is 11.8 Å². The Morgan fingerprint density at radius 2 is 1.97 bits per heavy atom. The van der Waals surface area contributed by atoms with Crippen LogP contribution in [0.2, 0.25) is 0 Å². The van der Waals surface area contributed by atoms with Gasteiger partial charge in [-0.15, -0.1) is 28.6 Å². The lowest BCUT2D eigenvalue weighted by Gasteiger charge is -2.49. The van der Waals surface area contributed by atoms with Gasteiger partial charge in [0.2, 0.25) is 11.1 Å². The molecule has 0 spiro atoms. The molecule has 0 saturated carbocycles. The number of amides is 2. The number of carboxylic acids is 2. The molecule has 2 aliphatic rings. The van der Waals surface area contributed by atoms with Crippen LogP contribution in [0.4, 0.5) is 0 Å². The zero-order valence-corrected chi connectivity index (χ0v) is 20.4. The van der Waals surface area contributed by atoms with Crippen molar-refractivity contribution in [1.29, 1.82) is 0 Å². The number of carboxylic acid groups (broad SMARTS) is 2. The molecule has 3 N–H and O–H groups in total. The molecule has 0 radical (unpaired) electrons. The van der Waals surface area contributed by atoms with Gasteiger partial charge in [0.05, 0.1) is 18.7 Å². The molecular weight excluding hydrogens is 518 g/mol. The van der Waals surface area contributed by atoms with Crippen molar-refractivity contribution in [2.45, 2.75) is 34.4 Å². The number of aromatic nitrogens is 5. The van der Waals surface area contributed by atoms with E-state index in [9.17, 15) is 24.3 Å². The number of pyridine rings is 1. The highest BCUT2D eigenvalue weighted by molar-refractivity contribution is 8.01. The van der Waals surface area contributed by atoms with Crippen molar-refractivity contribution in [3.05, 3.63) is 35.8 Å². The van der Waals surface area contributed by atoms with Gasteiger partial charge in [0, 0.05) is 28.8 Å². The fraction of sp³-hybridized carbons (Fsp3) is 0.368. The van der Waals surface area contributed by atoms with Gasteiger partial charge in [-0.05, 0) is 28.1 Å². The molecule has 0 aromatic carbocycles. The van der Waals surface area contributed by atoms with Crippen LogP contribution in [0.1, 0.15) is 6.42 Å². The van der Waals surface area contributed by atoms with Gasteiger partial charge in [-0.2, -0.15) is 0 Å². The number of thioether (sulfide) groups is 3. The minimum Gasteiger partial charge on any atom is -0.481 e. The minimum absolute atomic E-state index is 0.0811. The molecule has 4 rings (SSSR count). The fourth-order valence-electron chi connectivity index (χ4n) is 3.39. The van der Waals surface area contributed by atoms with Crippen molar-refractivity contribution < 1.29 is 29.4 Å². The van der Waals surface area contributed by atoms with Crippen molar-refractivity contribution >= 4 is 59.0 Å². The maximum atomic E-state index is 12.8. The van der Waals surface area contributed by atoms with E-state index in [1.807, 2.05) is 0 Å². The second kappa shape index (κ2) is 11.1. The largest absolute Gasteiger partial charge is 0.481 e. The molecule has 1 saturated heterocycles. The number of tetrazole rings is 1. The van der Waals surface area contributed by atoms with Crippen LogP contribution >= 0.6 is 35.3 Å². The highest BCUT2D eigenvalue weighted by Gasteiger charge is 2.54. The average Bonchev–Trinajstić information content (AvgIpc) is 3.30. The lowest BCUT2D eigenvalue weighted by molar-refractivity contribution is -0.150. The number of carbonyl (C=O) groups excluding carboxylic acids is 2. The summed E-state index contributed by atoms with van der Waals surface area (Å²) >= 11 is 3.85. The van der Waals surface area contributed by atoms with Crippen LogP contribution in [0.3, 0.4) is 0 Å². The number of hydrogen-bond donors (Lipinski definition) is 3. The van der Waals surface area contributed by atoms with Gasteiger partial charge in [-0.25, -0.2) is 9.48 Å². The molecule has 0 bridgehead atoms. The van der Waals surface area contributed by atoms with Crippen molar-refractivity contribution in [3.8, 4) is 0 Å². The number of β-lactam (4-membered cyclic amide) rings is 1. The van der Waals surface area contributed by atoms with Gasteiger partial charge in [0.1, 0.15) is 17.1 Å². The molecule has 0 aliphatic carbocycles. The van der Waals surface area contributed by atoms with E-state index in [4.69, 9.17) is 5.11 Å². The number of aliphatic carboxylic acids is 2. The summed E-state index contributed by atoms with van der Waals surface area (Å²) in [6.45, 7) is 0.0811.